The molecule has 0 saturated carbocycles. The Labute approximate surface area is 145 Å². The monoisotopic (exact) mass is 347 g/mol. The fraction of sp³-hybridized carbons (Fsp3) is 0.235. The summed E-state index contributed by atoms with van der Waals surface area (Å²) in [5.74, 6) is -0.147. The number of nitrogens with zero attached hydrogens (tertiary/aromatic N) is 2. The Kier molecular flexibility index (Phi) is 5.76. The highest BCUT2D eigenvalue weighted by atomic mass is 35.5. The van der Waals surface area contributed by atoms with Crippen LogP contribution in [0.3, 0.4) is 0 Å². The van der Waals surface area contributed by atoms with Crippen molar-refractivity contribution < 1.29 is 14.3 Å². The smallest absolute Gasteiger partial charge is 0.255 e. The molecule has 0 aliphatic carbocycles. The Hall–Kier alpha value is -2.60. The Morgan fingerprint density at radius 1 is 1.29 bits per heavy atom. The predicted octanol–water partition coefficient (Wildman–Crippen LogP) is 2.76. The molecule has 2 aromatic rings. The fourth-order valence-electron chi connectivity index (χ4n) is 2.07. The molecule has 7 heteroatoms. The highest BCUT2D eigenvalue weighted by molar-refractivity contribution is 6.31. The lowest BCUT2D eigenvalue weighted by molar-refractivity contribution is -0.116. The van der Waals surface area contributed by atoms with Crippen molar-refractivity contribution in [3.63, 3.8) is 0 Å². The molecule has 1 aromatic carbocycles. The number of aryl methyl sites for hydroxylation is 1. The van der Waals surface area contributed by atoms with Gasteiger partial charge >= 0.3 is 0 Å². The van der Waals surface area contributed by atoms with Gasteiger partial charge in [0.2, 0.25) is 5.91 Å². The number of halogens is 1. The number of nitrogens with one attached hydrogen (secondary N) is 1. The number of carbonyl (C=O) groups excluding carboxylic acids is 2. The van der Waals surface area contributed by atoms with Crippen molar-refractivity contribution in [2.75, 3.05) is 26.0 Å². The Balaban J connectivity index is 2.02. The van der Waals surface area contributed by atoms with Gasteiger partial charge in [0.1, 0.15) is 5.75 Å². The van der Waals surface area contributed by atoms with Gasteiger partial charge in [-0.15, -0.1) is 0 Å². The zero-order chi connectivity index (χ0) is 17.7. The molecule has 1 N–H and O–H groups in total. The summed E-state index contributed by atoms with van der Waals surface area (Å²) < 4.78 is 5.17. The van der Waals surface area contributed by atoms with Crippen molar-refractivity contribution in [1.29, 1.82) is 0 Å². The summed E-state index contributed by atoms with van der Waals surface area (Å²) in [7, 11) is 3.05. The summed E-state index contributed by atoms with van der Waals surface area (Å²) in [5, 5.41) is 3.16. The van der Waals surface area contributed by atoms with Crippen LogP contribution in [0.2, 0.25) is 5.02 Å². The molecule has 1 heterocycles. The molecule has 0 atom stereocenters. The highest BCUT2D eigenvalue weighted by Gasteiger charge is 2.16. The average molecular weight is 348 g/mol. The zero-order valence-electron chi connectivity index (χ0n) is 13.7. The molecular weight excluding hydrogens is 330 g/mol. The van der Waals surface area contributed by atoms with Gasteiger partial charge < -0.3 is 15.0 Å². The van der Waals surface area contributed by atoms with Crippen LogP contribution in [0.15, 0.2) is 36.5 Å². The molecule has 0 radical (unpaired) electrons. The summed E-state index contributed by atoms with van der Waals surface area (Å²) in [6.45, 7) is 1.73. The topological polar surface area (TPSA) is 71.5 Å². The largest absolute Gasteiger partial charge is 0.495 e. The number of pyridine rings is 1. The third kappa shape index (κ3) is 4.45. The van der Waals surface area contributed by atoms with Crippen LogP contribution in [0, 0.1) is 6.92 Å². The number of amides is 2. The van der Waals surface area contributed by atoms with Crippen LogP contribution in [0.25, 0.3) is 0 Å². The summed E-state index contributed by atoms with van der Waals surface area (Å²) in [6.07, 6.45) is 1.49. The number of hydrogen-bond acceptors (Lipinski definition) is 4. The number of aromatic nitrogens is 1. The van der Waals surface area contributed by atoms with Gasteiger partial charge in [0.05, 0.1) is 24.9 Å². The first-order valence-corrected chi connectivity index (χ1v) is 7.60. The summed E-state index contributed by atoms with van der Waals surface area (Å²) in [6, 6.07) is 8.34. The van der Waals surface area contributed by atoms with Gasteiger partial charge in [-0.1, -0.05) is 11.6 Å². The van der Waals surface area contributed by atoms with E-state index in [2.05, 4.69) is 10.3 Å². The van der Waals surface area contributed by atoms with E-state index in [0.717, 1.165) is 5.69 Å². The summed E-state index contributed by atoms with van der Waals surface area (Å²) in [5.41, 5.74) is 1.70. The second-order valence-corrected chi connectivity index (χ2v) is 5.68. The Morgan fingerprint density at radius 2 is 2.04 bits per heavy atom. The Morgan fingerprint density at radius 3 is 2.67 bits per heavy atom. The zero-order valence-corrected chi connectivity index (χ0v) is 14.4. The van der Waals surface area contributed by atoms with Crippen molar-refractivity contribution in [1.82, 2.24) is 9.88 Å². The van der Waals surface area contributed by atoms with E-state index in [1.807, 2.05) is 6.92 Å². The van der Waals surface area contributed by atoms with Crippen molar-refractivity contribution in [3.8, 4) is 5.75 Å². The molecule has 0 unspecified atom stereocenters. The first-order chi connectivity index (χ1) is 11.4. The molecule has 2 amide bonds. The first kappa shape index (κ1) is 17.7. The van der Waals surface area contributed by atoms with E-state index in [1.54, 1.807) is 37.4 Å². The SMILES string of the molecule is COc1ccc(Cl)cc1NC(=O)CN(C)C(=O)c1ccc(C)nc1. The molecule has 24 heavy (non-hydrogen) atoms. The minimum absolute atomic E-state index is 0.109. The van der Waals surface area contributed by atoms with E-state index in [-0.39, 0.29) is 18.4 Å². The van der Waals surface area contributed by atoms with E-state index in [0.29, 0.717) is 22.0 Å². The molecule has 126 valence electrons. The van der Waals surface area contributed by atoms with Crippen LogP contribution in [0.5, 0.6) is 5.75 Å². The van der Waals surface area contributed by atoms with Gasteiger partial charge in [0, 0.05) is 24.0 Å². The molecule has 0 fully saturated rings. The van der Waals surface area contributed by atoms with Crippen molar-refractivity contribution in [2.24, 2.45) is 0 Å². The highest BCUT2D eigenvalue weighted by Crippen LogP contribution is 2.27. The van der Waals surface area contributed by atoms with Crippen LogP contribution in [-0.4, -0.2) is 42.4 Å². The lowest BCUT2D eigenvalue weighted by Crippen LogP contribution is -2.35. The summed E-state index contributed by atoms with van der Waals surface area (Å²) >= 11 is 5.93. The van der Waals surface area contributed by atoms with Gasteiger partial charge in [0.15, 0.2) is 0 Å². The number of rotatable bonds is 5. The van der Waals surface area contributed by atoms with Crippen molar-refractivity contribution >= 4 is 29.1 Å². The number of carbonyl (C=O) groups is 2. The van der Waals surface area contributed by atoms with Gasteiger partial charge in [-0.3, -0.25) is 14.6 Å². The van der Waals surface area contributed by atoms with Crippen LogP contribution >= 0.6 is 11.6 Å². The third-order valence-corrected chi connectivity index (χ3v) is 3.56. The van der Waals surface area contributed by atoms with Crippen LogP contribution in [0.4, 0.5) is 5.69 Å². The standard InChI is InChI=1S/C17H18ClN3O3/c1-11-4-5-12(9-19-11)17(23)21(2)10-16(22)20-14-8-13(18)6-7-15(14)24-3/h4-9H,10H2,1-3H3,(H,20,22). The minimum atomic E-state index is -0.355. The quantitative estimate of drug-likeness (QED) is 0.902. The maximum absolute atomic E-state index is 12.3. The molecule has 1 aromatic heterocycles. The fourth-order valence-corrected chi connectivity index (χ4v) is 2.24. The normalized spacial score (nSPS) is 10.2. The Bertz CT molecular complexity index is 747. The molecular formula is C17H18ClN3O3. The third-order valence-electron chi connectivity index (χ3n) is 3.32. The molecule has 6 nitrogen and oxygen atoms in total. The van der Waals surface area contributed by atoms with Crippen LogP contribution in [-0.2, 0) is 4.79 Å². The number of anilines is 1. The number of benzene rings is 1. The van der Waals surface area contributed by atoms with E-state index in [9.17, 15) is 9.59 Å². The summed E-state index contributed by atoms with van der Waals surface area (Å²) in [4.78, 5) is 29.9. The minimum Gasteiger partial charge on any atom is -0.495 e. The van der Waals surface area contributed by atoms with E-state index >= 15 is 0 Å². The molecule has 0 aliphatic heterocycles. The van der Waals surface area contributed by atoms with Crippen LogP contribution in [0.1, 0.15) is 16.1 Å². The number of likely N-dealkylation sites (N-methyl/N-ethyl adjacent to an activating group) is 1. The number of ether oxygens (including phenoxy) is 1. The number of hydrogen-bond donors (Lipinski definition) is 1. The maximum Gasteiger partial charge on any atom is 0.255 e. The van der Waals surface area contributed by atoms with E-state index in [1.165, 1.54) is 18.2 Å². The molecule has 2 rings (SSSR count). The second-order valence-electron chi connectivity index (χ2n) is 5.24. The van der Waals surface area contributed by atoms with Gasteiger partial charge in [0.25, 0.3) is 5.91 Å². The van der Waals surface area contributed by atoms with Crippen molar-refractivity contribution in [2.45, 2.75) is 6.92 Å². The van der Waals surface area contributed by atoms with Gasteiger partial charge in [-0.25, -0.2) is 0 Å². The second kappa shape index (κ2) is 7.79. The van der Waals surface area contributed by atoms with Gasteiger partial charge in [-0.05, 0) is 37.3 Å². The van der Waals surface area contributed by atoms with E-state index < -0.39 is 0 Å². The predicted molar refractivity (Wildman–Crippen MR) is 92.6 cm³/mol. The number of methoxy groups -OCH3 is 1. The average Bonchev–Trinajstić information content (AvgIpc) is 2.55. The van der Waals surface area contributed by atoms with Crippen LogP contribution < -0.4 is 10.1 Å². The van der Waals surface area contributed by atoms with E-state index in [4.69, 9.17) is 16.3 Å². The molecule has 0 spiro atoms. The molecule has 0 aliphatic rings. The molecule has 0 saturated heterocycles. The van der Waals surface area contributed by atoms with Crippen molar-refractivity contribution in [3.05, 3.63) is 52.8 Å². The molecule has 0 bridgehead atoms. The lowest BCUT2D eigenvalue weighted by atomic mass is 10.2. The lowest BCUT2D eigenvalue weighted by Gasteiger charge is -2.17. The van der Waals surface area contributed by atoms with Gasteiger partial charge in [-0.2, -0.15) is 0 Å². The first-order valence-electron chi connectivity index (χ1n) is 7.22. The maximum atomic E-state index is 12.3.